The summed E-state index contributed by atoms with van der Waals surface area (Å²) in [5.41, 5.74) is 3.56. The highest BCUT2D eigenvalue weighted by molar-refractivity contribution is 9.10. The smallest absolute Gasteiger partial charge is 0.254 e. The zero-order valence-electron chi connectivity index (χ0n) is 22.6. The lowest BCUT2D eigenvalue weighted by atomic mass is 10.1. The number of hydrogen-bond acceptors (Lipinski definition) is 6. The molecule has 0 saturated carbocycles. The van der Waals surface area contributed by atoms with E-state index in [0.717, 1.165) is 59.5 Å². The van der Waals surface area contributed by atoms with Gasteiger partial charge in [-0.1, -0.05) is 34.1 Å². The quantitative estimate of drug-likeness (QED) is 0.279. The summed E-state index contributed by atoms with van der Waals surface area (Å²) in [6, 6.07) is 18.1. The molecule has 0 unspecified atom stereocenters. The summed E-state index contributed by atoms with van der Waals surface area (Å²) < 4.78 is 1.10. The summed E-state index contributed by atoms with van der Waals surface area (Å²) in [6.45, 7) is 6.64. The van der Waals surface area contributed by atoms with Crippen LogP contribution in [0.4, 0.5) is 11.5 Å². The molecule has 0 bridgehead atoms. The van der Waals surface area contributed by atoms with Crippen LogP contribution in [-0.4, -0.2) is 82.4 Å². The number of H-pyrrole nitrogens is 1. The van der Waals surface area contributed by atoms with Gasteiger partial charge in [0.05, 0.1) is 5.39 Å². The number of hydrogen-bond donors (Lipinski definition) is 2. The van der Waals surface area contributed by atoms with Crippen LogP contribution < -0.4 is 10.2 Å². The Hall–Kier alpha value is -3.76. The minimum atomic E-state index is -0.0918. The molecule has 208 valence electrons. The molecule has 1 aliphatic rings. The second kappa shape index (κ2) is 13.1. The van der Waals surface area contributed by atoms with E-state index in [1.165, 1.54) is 18.8 Å². The minimum absolute atomic E-state index is 0.0349. The zero-order valence-corrected chi connectivity index (χ0v) is 24.2. The van der Waals surface area contributed by atoms with Crippen molar-refractivity contribution in [3.8, 4) is 0 Å². The lowest BCUT2D eigenvalue weighted by Crippen LogP contribution is -2.48. The molecule has 5 rings (SSSR count). The Labute approximate surface area is 242 Å². The second-order valence-corrected chi connectivity index (χ2v) is 10.9. The molecule has 1 saturated heterocycles. The first kappa shape index (κ1) is 27.8. The number of halogens is 1. The number of rotatable bonds is 10. The molecular formula is C30H34BrN7O2. The number of nitrogens with one attached hydrogen (secondary N) is 2. The van der Waals surface area contributed by atoms with Gasteiger partial charge in [0.25, 0.3) is 5.91 Å². The second-order valence-electron chi connectivity index (χ2n) is 9.99. The molecule has 40 heavy (non-hydrogen) atoms. The van der Waals surface area contributed by atoms with Crippen LogP contribution in [-0.2, 0) is 11.2 Å². The Bertz CT molecular complexity index is 1450. The predicted molar refractivity (Wildman–Crippen MR) is 161 cm³/mol. The maximum absolute atomic E-state index is 13.5. The van der Waals surface area contributed by atoms with Crippen molar-refractivity contribution in [1.82, 2.24) is 30.1 Å². The summed E-state index contributed by atoms with van der Waals surface area (Å²) in [5.74, 6) is 0.663. The number of aromatic amines is 1. The van der Waals surface area contributed by atoms with E-state index in [1.54, 1.807) is 0 Å². The van der Waals surface area contributed by atoms with E-state index in [2.05, 4.69) is 65.4 Å². The lowest BCUT2D eigenvalue weighted by Gasteiger charge is -2.35. The van der Waals surface area contributed by atoms with Gasteiger partial charge in [0, 0.05) is 68.1 Å². The van der Waals surface area contributed by atoms with Crippen LogP contribution in [0.15, 0.2) is 71.6 Å². The maximum atomic E-state index is 13.5. The molecule has 1 aliphatic heterocycles. The van der Waals surface area contributed by atoms with Gasteiger partial charge in [-0.05, 0) is 61.3 Å². The van der Waals surface area contributed by atoms with Gasteiger partial charge in [0.15, 0.2) is 0 Å². The number of aromatic nitrogens is 3. The highest BCUT2D eigenvalue weighted by atomic mass is 79.9. The van der Waals surface area contributed by atoms with Gasteiger partial charge in [-0.15, -0.1) is 0 Å². The van der Waals surface area contributed by atoms with E-state index in [-0.39, 0.29) is 11.8 Å². The predicted octanol–water partition coefficient (Wildman–Crippen LogP) is 4.39. The van der Waals surface area contributed by atoms with Crippen molar-refractivity contribution < 1.29 is 9.59 Å². The molecule has 2 aromatic heterocycles. The third-order valence-electron chi connectivity index (χ3n) is 7.22. The number of carbonyl (C=O) groups is 2. The molecule has 1 fully saturated rings. The van der Waals surface area contributed by atoms with Crippen LogP contribution in [0.3, 0.4) is 0 Å². The van der Waals surface area contributed by atoms with Crippen LogP contribution in [0.25, 0.3) is 11.0 Å². The Morgan fingerprint density at radius 2 is 1.85 bits per heavy atom. The number of aryl methyl sites for hydroxylation is 1. The standard InChI is InChI=1S/C30H34BrN7O2/c1-22(39)32-13-15-38(29-27-11-12-33-28(27)34-21-35-29)26-6-2-5-24(20-26)30(40)37-18-16-36(17-19-37)14-3-4-23-7-9-25(31)10-8-23/h2,5-12,20-21H,3-4,13-19H2,1H3,(H,32,39)(H,33,34,35). The largest absolute Gasteiger partial charge is 0.355 e. The van der Waals surface area contributed by atoms with Crippen molar-refractivity contribution in [2.45, 2.75) is 19.8 Å². The topological polar surface area (TPSA) is 97.5 Å². The van der Waals surface area contributed by atoms with Gasteiger partial charge in [0.2, 0.25) is 5.91 Å². The van der Waals surface area contributed by atoms with Gasteiger partial charge in [-0.25, -0.2) is 9.97 Å². The fourth-order valence-corrected chi connectivity index (χ4v) is 5.36. The molecule has 4 aromatic rings. The van der Waals surface area contributed by atoms with Gasteiger partial charge in [0.1, 0.15) is 17.8 Å². The van der Waals surface area contributed by atoms with Crippen LogP contribution in [0, 0.1) is 0 Å². The number of piperazine rings is 1. The number of carbonyl (C=O) groups excluding carboxylic acids is 2. The Morgan fingerprint density at radius 3 is 2.62 bits per heavy atom. The average molecular weight is 605 g/mol. The molecular weight excluding hydrogens is 570 g/mol. The normalized spacial score (nSPS) is 13.9. The molecule has 2 aromatic carbocycles. The van der Waals surface area contributed by atoms with Gasteiger partial charge < -0.3 is 20.1 Å². The zero-order chi connectivity index (χ0) is 27.9. The van der Waals surface area contributed by atoms with Crippen molar-refractivity contribution in [3.05, 3.63) is 82.7 Å². The lowest BCUT2D eigenvalue weighted by molar-refractivity contribution is -0.118. The van der Waals surface area contributed by atoms with Crippen molar-refractivity contribution in [1.29, 1.82) is 0 Å². The van der Waals surface area contributed by atoms with Crippen molar-refractivity contribution >= 4 is 50.3 Å². The Balaban J connectivity index is 1.23. The number of fused-ring (bicyclic) bond motifs is 1. The van der Waals surface area contributed by atoms with Crippen LogP contribution in [0.5, 0.6) is 0 Å². The fourth-order valence-electron chi connectivity index (χ4n) is 5.10. The van der Waals surface area contributed by atoms with Crippen molar-refractivity contribution in [2.75, 3.05) is 50.7 Å². The Morgan fingerprint density at radius 1 is 1.05 bits per heavy atom. The summed E-state index contributed by atoms with van der Waals surface area (Å²) in [5, 5.41) is 3.74. The Kier molecular flexibility index (Phi) is 9.08. The van der Waals surface area contributed by atoms with E-state index in [0.29, 0.717) is 31.7 Å². The van der Waals surface area contributed by atoms with E-state index >= 15 is 0 Å². The molecule has 0 radical (unpaired) electrons. The minimum Gasteiger partial charge on any atom is -0.355 e. The van der Waals surface area contributed by atoms with E-state index in [1.807, 2.05) is 46.3 Å². The van der Waals surface area contributed by atoms with Gasteiger partial charge in [-0.2, -0.15) is 0 Å². The van der Waals surface area contributed by atoms with Gasteiger partial charge >= 0.3 is 0 Å². The summed E-state index contributed by atoms with van der Waals surface area (Å²) in [4.78, 5) is 43.4. The van der Waals surface area contributed by atoms with Gasteiger partial charge in [-0.3, -0.25) is 14.5 Å². The number of nitrogens with zero attached hydrogens (tertiary/aromatic N) is 5. The molecule has 3 heterocycles. The third kappa shape index (κ3) is 6.86. The van der Waals surface area contributed by atoms with E-state index in [4.69, 9.17) is 0 Å². The van der Waals surface area contributed by atoms with Crippen LogP contribution >= 0.6 is 15.9 Å². The molecule has 2 N–H and O–H groups in total. The SMILES string of the molecule is CC(=O)NCCN(c1cccc(C(=O)N2CCN(CCCc3ccc(Br)cc3)CC2)c1)c1ncnc2[nH]ccc12. The first-order valence-corrected chi connectivity index (χ1v) is 14.4. The van der Waals surface area contributed by atoms with E-state index in [9.17, 15) is 9.59 Å². The summed E-state index contributed by atoms with van der Waals surface area (Å²) >= 11 is 3.49. The van der Waals surface area contributed by atoms with Crippen LogP contribution in [0.1, 0.15) is 29.3 Å². The van der Waals surface area contributed by atoms with Crippen molar-refractivity contribution in [2.24, 2.45) is 0 Å². The monoisotopic (exact) mass is 603 g/mol. The fraction of sp³-hybridized carbons (Fsp3) is 0.333. The molecule has 9 nitrogen and oxygen atoms in total. The number of amides is 2. The maximum Gasteiger partial charge on any atom is 0.254 e. The molecule has 0 aliphatic carbocycles. The first-order valence-electron chi connectivity index (χ1n) is 13.6. The molecule has 0 atom stereocenters. The number of benzene rings is 2. The number of anilines is 2. The average Bonchev–Trinajstić information content (AvgIpc) is 3.46. The third-order valence-corrected chi connectivity index (χ3v) is 7.74. The molecule has 2 amide bonds. The summed E-state index contributed by atoms with van der Waals surface area (Å²) in [6.07, 6.45) is 5.50. The summed E-state index contributed by atoms with van der Waals surface area (Å²) in [7, 11) is 0. The van der Waals surface area contributed by atoms with E-state index < -0.39 is 0 Å². The molecule has 10 heteroatoms. The van der Waals surface area contributed by atoms with Crippen molar-refractivity contribution in [3.63, 3.8) is 0 Å². The first-order chi connectivity index (χ1) is 19.5. The highest BCUT2D eigenvalue weighted by Crippen LogP contribution is 2.29. The molecule has 0 spiro atoms. The van der Waals surface area contributed by atoms with Crippen LogP contribution in [0.2, 0.25) is 0 Å². The highest BCUT2D eigenvalue weighted by Gasteiger charge is 2.23.